The van der Waals surface area contributed by atoms with E-state index in [4.69, 9.17) is 10.3 Å². The zero-order valence-corrected chi connectivity index (χ0v) is 13.7. The van der Waals surface area contributed by atoms with Crippen molar-refractivity contribution >= 4 is 15.9 Å². The second-order valence-corrected chi connectivity index (χ2v) is 6.68. The van der Waals surface area contributed by atoms with Gasteiger partial charge in [-0.3, -0.25) is 4.79 Å². The molecule has 1 aromatic heterocycles. The lowest BCUT2D eigenvalue weighted by atomic mass is 10.2. The number of aromatic nitrogens is 1. The quantitative estimate of drug-likeness (QED) is 0.747. The van der Waals surface area contributed by atoms with E-state index in [1.54, 1.807) is 14.0 Å². The highest BCUT2D eigenvalue weighted by atomic mass is 32.2. The van der Waals surface area contributed by atoms with Crippen LogP contribution in [0.25, 0.3) is 0 Å². The summed E-state index contributed by atoms with van der Waals surface area (Å²) in [6.45, 7) is 6.60. The molecule has 120 valence electrons. The average Bonchev–Trinajstić information content (AvgIpc) is 2.75. The zero-order valence-electron chi connectivity index (χ0n) is 12.9. The second-order valence-electron chi connectivity index (χ2n) is 5.03. The van der Waals surface area contributed by atoms with E-state index in [0.29, 0.717) is 6.54 Å². The number of likely N-dealkylation sites (N-methyl/N-ethyl adjacent to an activating group) is 1. The van der Waals surface area contributed by atoms with Crippen LogP contribution in [-0.4, -0.2) is 50.1 Å². The van der Waals surface area contributed by atoms with Crippen LogP contribution >= 0.6 is 0 Å². The van der Waals surface area contributed by atoms with Gasteiger partial charge in [0.15, 0.2) is 5.76 Å². The Morgan fingerprint density at radius 1 is 1.43 bits per heavy atom. The second kappa shape index (κ2) is 6.54. The summed E-state index contributed by atoms with van der Waals surface area (Å²) in [5, 5.41) is 3.61. The molecule has 1 aromatic rings. The molecule has 0 fully saturated rings. The zero-order chi connectivity index (χ0) is 16.4. The van der Waals surface area contributed by atoms with E-state index >= 15 is 0 Å². The van der Waals surface area contributed by atoms with Crippen LogP contribution in [0, 0.1) is 13.8 Å². The number of nitrogens with zero attached hydrogens (tertiary/aromatic N) is 2. The lowest BCUT2D eigenvalue weighted by molar-refractivity contribution is -0.132. The molecule has 21 heavy (non-hydrogen) atoms. The van der Waals surface area contributed by atoms with Crippen molar-refractivity contribution in [3.8, 4) is 0 Å². The summed E-state index contributed by atoms with van der Waals surface area (Å²) < 4.78 is 31.8. The molecule has 2 atom stereocenters. The molecule has 0 spiro atoms. The van der Waals surface area contributed by atoms with E-state index in [1.807, 2.05) is 0 Å². The molecule has 1 heterocycles. The van der Waals surface area contributed by atoms with E-state index < -0.39 is 16.1 Å². The standard InChI is InChI=1S/C12H22N4O4S/c1-7(6-13)16(5)12(17)9(3)15-21(18,19)11-8(2)14-20-10(11)4/h7,9,15H,6,13H2,1-5H3. The Morgan fingerprint density at radius 3 is 2.43 bits per heavy atom. The first-order valence-corrected chi connectivity index (χ1v) is 8.02. The molecule has 2 unspecified atom stereocenters. The Labute approximate surface area is 124 Å². The van der Waals surface area contributed by atoms with Crippen molar-refractivity contribution < 1.29 is 17.7 Å². The van der Waals surface area contributed by atoms with Gasteiger partial charge in [0.2, 0.25) is 15.9 Å². The van der Waals surface area contributed by atoms with Gasteiger partial charge in [0.1, 0.15) is 10.6 Å². The number of hydrogen-bond acceptors (Lipinski definition) is 6. The van der Waals surface area contributed by atoms with Gasteiger partial charge in [-0.2, -0.15) is 4.72 Å². The van der Waals surface area contributed by atoms with Gasteiger partial charge in [-0.15, -0.1) is 0 Å². The number of carbonyl (C=O) groups is 1. The van der Waals surface area contributed by atoms with Crippen molar-refractivity contribution in [2.75, 3.05) is 13.6 Å². The van der Waals surface area contributed by atoms with Crippen molar-refractivity contribution in [2.24, 2.45) is 5.73 Å². The third-order valence-electron chi connectivity index (χ3n) is 3.29. The maximum atomic E-state index is 12.3. The molecular weight excluding hydrogens is 296 g/mol. The predicted octanol–water partition coefficient (Wildman–Crippen LogP) is -0.236. The molecule has 0 aliphatic carbocycles. The lowest BCUT2D eigenvalue weighted by Gasteiger charge is -2.26. The fourth-order valence-electron chi connectivity index (χ4n) is 1.88. The van der Waals surface area contributed by atoms with Crippen LogP contribution in [0.4, 0.5) is 0 Å². The molecule has 0 aliphatic rings. The van der Waals surface area contributed by atoms with Crippen LogP contribution in [0.5, 0.6) is 0 Å². The van der Waals surface area contributed by atoms with Crippen molar-refractivity contribution in [1.82, 2.24) is 14.8 Å². The number of hydrogen-bond donors (Lipinski definition) is 2. The summed E-state index contributed by atoms with van der Waals surface area (Å²) in [5.41, 5.74) is 5.75. The van der Waals surface area contributed by atoms with E-state index in [1.165, 1.54) is 25.7 Å². The first kappa shape index (κ1) is 17.6. The van der Waals surface area contributed by atoms with E-state index in [0.717, 1.165) is 0 Å². The Bertz CT molecular complexity index is 591. The smallest absolute Gasteiger partial charge is 0.246 e. The molecule has 0 saturated heterocycles. The third-order valence-corrected chi connectivity index (χ3v) is 5.07. The highest BCUT2D eigenvalue weighted by Crippen LogP contribution is 2.19. The summed E-state index contributed by atoms with van der Waals surface area (Å²) in [7, 11) is -2.29. The number of sulfonamides is 1. The summed E-state index contributed by atoms with van der Waals surface area (Å²) >= 11 is 0. The van der Waals surface area contributed by atoms with E-state index in [-0.39, 0.29) is 28.3 Å². The number of carbonyl (C=O) groups excluding carboxylic acids is 1. The third kappa shape index (κ3) is 3.80. The number of rotatable bonds is 6. The van der Waals surface area contributed by atoms with Crippen LogP contribution in [-0.2, 0) is 14.8 Å². The predicted molar refractivity (Wildman–Crippen MR) is 77.0 cm³/mol. The highest BCUT2D eigenvalue weighted by Gasteiger charge is 2.29. The Kier molecular flexibility index (Phi) is 5.48. The molecule has 0 bridgehead atoms. The molecule has 1 amide bonds. The van der Waals surface area contributed by atoms with Gasteiger partial charge < -0.3 is 15.2 Å². The number of nitrogens with two attached hydrogens (primary N) is 1. The van der Waals surface area contributed by atoms with Crippen LogP contribution in [0.1, 0.15) is 25.3 Å². The molecule has 8 nitrogen and oxygen atoms in total. The Balaban J connectivity index is 2.92. The normalized spacial score (nSPS) is 14.8. The van der Waals surface area contributed by atoms with Gasteiger partial charge in [-0.1, -0.05) is 5.16 Å². The summed E-state index contributed by atoms with van der Waals surface area (Å²) in [5.74, 6) is -0.174. The first-order chi connectivity index (χ1) is 9.61. The molecule has 0 aliphatic heterocycles. The maximum absolute atomic E-state index is 12.3. The van der Waals surface area contributed by atoms with Crippen molar-refractivity contribution in [2.45, 2.75) is 44.7 Å². The number of amides is 1. The van der Waals surface area contributed by atoms with Gasteiger partial charge in [-0.05, 0) is 27.7 Å². The molecular formula is C12H22N4O4S. The van der Waals surface area contributed by atoms with Gasteiger partial charge >= 0.3 is 0 Å². The van der Waals surface area contributed by atoms with Crippen LogP contribution < -0.4 is 10.5 Å². The molecule has 1 rings (SSSR count). The monoisotopic (exact) mass is 318 g/mol. The van der Waals surface area contributed by atoms with Crippen LogP contribution in [0.3, 0.4) is 0 Å². The lowest BCUT2D eigenvalue weighted by Crippen LogP contribution is -2.49. The topological polar surface area (TPSA) is 119 Å². The fraction of sp³-hybridized carbons (Fsp3) is 0.667. The summed E-state index contributed by atoms with van der Waals surface area (Å²) in [4.78, 5) is 13.6. The molecule has 9 heteroatoms. The molecule has 0 saturated carbocycles. The minimum Gasteiger partial charge on any atom is -0.360 e. The minimum atomic E-state index is -3.87. The van der Waals surface area contributed by atoms with Gasteiger partial charge in [-0.25, -0.2) is 8.42 Å². The number of nitrogens with one attached hydrogen (secondary N) is 1. The van der Waals surface area contributed by atoms with Crippen molar-refractivity contribution in [1.29, 1.82) is 0 Å². The average molecular weight is 318 g/mol. The minimum absolute atomic E-state index is 0.0309. The van der Waals surface area contributed by atoms with Crippen molar-refractivity contribution in [3.05, 3.63) is 11.5 Å². The summed E-state index contributed by atoms with van der Waals surface area (Å²) in [6.07, 6.45) is 0. The van der Waals surface area contributed by atoms with Crippen LogP contribution in [0.2, 0.25) is 0 Å². The SMILES string of the molecule is Cc1noc(C)c1S(=O)(=O)NC(C)C(=O)N(C)C(C)CN. The van der Waals surface area contributed by atoms with E-state index in [9.17, 15) is 13.2 Å². The van der Waals surface area contributed by atoms with E-state index in [2.05, 4.69) is 9.88 Å². The van der Waals surface area contributed by atoms with Gasteiger partial charge in [0.25, 0.3) is 0 Å². The largest absolute Gasteiger partial charge is 0.360 e. The molecule has 0 aromatic carbocycles. The van der Waals surface area contributed by atoms with Gasteiger partial charge in [0.05, 0.1) is 6.04 Å². The molecule has 3 N–H and O–H groups in total. The molecule has 0 radical (unpaired) electrons. The first-order valence-electron chi connectivity index (χ1n) is 6.53. The fourth-order valence-corrected chi connectivity index (χ4v) is 3.41. The Hall–Kier alpha value is -1.45. The maximum Gasteiger partial charge on any atom is 0.246 e. The van der Waals surface area contributed by atoms with Crippen molar-refractivity contribution in [3.63, 3.8) is 0 Å². The van der Waals surface area contributed by atoms with Gasteiger partial charge in [0, 0.05) is 19.6 Å². The van der Waals surface area contributed by atoms with Crippen LogP contribution in [0.15, 0.2) is 9.42 Å². The number of aryl methyl sites for hydroxylation is 2. The Morgan fingerprint density at radius 2 is 2.00 bits per heavy atom. The highest BCUT2D eigenvalue weighted by molar-refractivity contribution is 7.89. The summed E-state index contributed by atoms with van der Waals surface area (Å²) in [6, 6.07) is -1.09.